The molecule has 0 bridgehead atoms. The molecule has 3 N–H and O–H groups in total. The van der Waals surface area contributed by atoms with E-state index in [1.807, 2.05) is 0 Å². The van der Waals surface area contributed by atoms with Gasteiger partial charge in [-0.15, -0.1) is 0 Å². The number of aromatic nitrogens is 2. The van der Waals surface area contributed by atoms with E-state index in [0.717, 1.165) is 0 Å². The van der Waals surface area contributed by atoms with Gasteiger partial charge in [-0.1, -0.05) is 29.3 Å². The molecule has 0 aliphatic rings. The van der Waals surface area contributed by atoms with Crippen molar-refractivity contribution in [2.45, 2.75) is 0 Å². The van der Waals surface area contributed by atoms with Crippen molar-refractivity contribution in [2.24, 2.45) is 0 Å². The second-order valence-electron chi connectivity index (χ2n) is 4.34. The second-order valence-corrected chi connectivity index (χ2v) is 5.15. The Morgan fingerprint density at radius 3 is 2.52 bits per heavy atom. The number of para-hydroxylation sites is 1. The molecule has 0 atom stereocenters. The van der Waals surface area contributed by atoms with Crippen LogP contribution in [0.5, 0.6) is 0 Å². The number of nitrogens with zero attached hydrogens (tertiary/aromatic N) is 2. The SMILES string of the molecule is Nc1c(Cl)cc(Nc2ncnc3c(F)cccc23)cc1Cl. The van der Waals surface area contributed by atoms with E-state index < -0.39 is 5.82 Å². The van der Waals surface area contributed by atoms with E-state index in [0.29, 0.717) is 32.6 Å². The summed E-state index contributed by atoms with van der Waals surface area (Å²) in [4.78, 5) is 8.05. The lowest BCUT2D eigenvalue weighted by molar-refractivity contribution is 0.636. The third kappa shape index (κ3) is 2.57. The number of nitrogen functional groups attached to an aromatic ring is 1. The third-order valence-corrected chi connectivity index (χ3v) is 3.58. The summed E-state index contributed by atoms with van der Waals surface area (Å²) >= 11 is 12.0. The summed E-state index contributed by atoms with van der Waals surface area (Å²) in [5, 5.41) is 4.25. The van der Waals surface area contributed by atoms with Gasteiger partial charge < -0.3 is 11.1 Å². The Hall–Kier alpha value is -2.11. The second kappa shape index (κ2) is 5.35. The number of nitrogens with two attached hydrogens (primary N) is 1. The Labute approximate surface area is 129 Å². The topological polar surface area (TPSA) is 63.8 Å². The number of hydrogen-bond acceptors (Lipinski definition) is 4. The molecule has 0 saturated carbocycles. The van der Waals surface area contributed by atoms with Crippen LogP contribution in [0.25, 0.3) is 10.9 Å². The van der Waals surface area contributed by atoms with Crippen LogP contribution in [0.3, 0.4) is 0 Å². The highest BCUT2D eigenvalue weighted by Gasteiger charge is 2.09. The first kappa shape index (κ1) is 13.9. The molecule has 0 unspecified atom stereocenters. The maximum absolute atomic E-state index is 13.7. The normalized spacial score (nSPS) is 10.8. The van der Waals surface area contributed by atoms with E-state index >= 15 is 0 Å². The van der Waals surface area contributed by atoms with Crippen molar-refractivity contribution in [2.75, 3.05) is 11.1 Å². The van der Waals surface area contributed by atoms with Crippen molar-refractivity contribution >= 4 is 51.3 Å². The molecule has 106 valence electrons. The average molecular weight is 323 g/mol. The largest absolute Gasteiger partial charge is 0.396 e. The van der Waals surface area contributed by atoms with Crippen LogP contribution >= 0.6 is 23.2 Å². The first-order chi connectivity index (χ1) is 10.1. The number of rotatable bonds is 2. The minimum absolute atomic E-state index is 0.239. The molecular weight excluding hydrogens is 314 g/mol. The predicted molar refractivity (Wildman–Crippen MR) is 83.7 cm³/mol. The fourth-order valence-electron chi connectivity index (χ4n) is 1.94. The standard InChI is InChI=1S/C14H9Cl2FN4/c15-9-4-7(5-10(16)12(9)18)21-14-8-2-1-3-11(17)13(8)19-6-20-14/h1-6H,18H2,(H,19,20,21). The third-order valence-electron chi connectivity index (χ3n) is 2.96. The van der Waals surface area contributed by atoms with Crippen LogP contribution in [0.1, 0.15) is 0 Å². The lowest BCUT2D eigenvalue weighted by Gasteiger charge is -2.10. The number of benzene rings is 2. The van der Waals surface area contributed by atoms with Gasteiger partial charge in [0, 0.05) is 11.1 Å². The smallest absolute Gasteiger partial charge is 0.149 e. The van der Waals surface area contributed by atoms with Crippen LogP contribution in [0.4, 0.5) is 21.6 Å². The lowest BCUT2D eigenvalue weighted by Crippen LogP contribution is -1.98. The molecule has 2 aromatic carbocycles. The van der Waals surface area contributed by atoms with Gasteiger partial charge in [0.05, 0.1) is 15.7 Å². The first-order valence-corrected chi connectivity index (χ1v) is 6.72. The van der Waals surface area contributed by atoms with Gasteiger partial charge in [0.1, 0.15) is 23.5 Å². The van der Waals surface area contributed by atoms with Crippen molar-refractivity contribution in [1.29, 1.82) is 0 Å². The number of hydrogen-bond donors (Lipinski definition) is 2. The lowest BCUT2D eigenvalue weighted by atomic mass is 10.2. The summed E-state index contributed by atoms with van der Waals surface area (Å²) in [5.41, 5.74) is 6.83. The number of halogens is 3. The molecule has 21 heavy (non-hydrogen) atoms. The van der Waals surface area contributed by atoms with Crippen LogP contribution in [-0.2, 0) is 0 Å². The number of fused-ring (bicyclic) bond motifs is 1. The molecule has 0 saturated heterocycles. The Morgan fingerprint density at radius 2 is 1.81 bits per heavy atom. The van der Waals surface area contributed by atoms with Crippen molar-refractivity contribution in [3.8, 4) is 0 Å². The number of nitrogens with one attached hydrogen (secondary N) is 1. The Kier molecular flexibility index (Phi) is 3.53. The summed E-state index contributed by atoms with van der Waals surface area (Å²) in [6, 6.07) is 7.90. The van der Waals surface area contributed by atoms with Crippen molar-refractivity contribution in [3.05, 3.63) is 52.5 Å². The molecule has 1 heterocycles. The van der Waals surface area contributed by atoms with E-state index in [9.17, 15) is 4.39 Å². The minimum atomic E-state index is -0.411. The van der Waals surface area contributed by atoms with Gasteiger partial charge in [0.25, 0.3) is 0 Å². The zero-order valence-electron chi connectivity index (χ0n) is 10.6. The minimum Gasteiger partial charge on any atom is -0.396 e. The Morgan fingerprint density at radius 1 is 1.10 bits per heavy atom. The van der Waals surface area contributed by atoms with Crippen LogP contribution < -0.4 is 11.1 Å². The molecule has 0 aliphatic carbocycles. The monoisotopic (exact) mass is 322 g/mol. The van der Waals surface area contributed by atoms with Crippen LogP contribution in [0.15, 0.2) is 36.7 Å². The van der Waals surface area contributed by atoms with E-state index in [1.165, 1.54) is 12.4 Å². The molecule has 0 amide bonds. The molecule has 7 heteroatoms. The van der Waals surface area contributed by atoms with Crippen LogP contribution in [0.2, 0.25) is 10.0 Å². The fraction of sp³-hybridized carbons (Fsp3) is 0. The zero-order chi connectivity index (χ0) is 15.0. The Balaban J connectivity index is 2.08. The van der Waals surface area contributed by atoms with E-state index in [-0.39, 0.29) is 5.52 Å². The first-order valence-electron chi connectivity index (χ1n) is 5.97. The molecule has 1 aromatic heterocycles. The summed E-state index contributed by atoms with van der Waals surface area (Å²) in [6.07, 6.45) is 1.29. The van der Waals surface area contributed by atoms with Crippen molar-refractivity contribution in [3.63, 3.8) is 0 Å². The van der Waals surface area contributed by atoms with E-state index in [1.54, 1.807) is 24.3 Å². The molecule has 0 fully saturated rings. The summed E-state index contributed by atoms with van der Waals surface area (Å²) in [7, 11) is 0. The van der Waals surface area contributed by atoms with Gasteiger partial charge in [-0.25, -0.2) is 14.4 Å². The van der Waals surface area contributed by atoms with Gasteiger partial charge in [-0.3, -0.25) is 0 Å². The van der Waals surface area contributed by atoms with E-state index in [2.05, 4.69) is 15.3 Å². The van der Waals surface area contributed by atoms with Gasteiger partial charge in [0.15, 0.2) is 0 Å². The van der Waals surface area contributed by atoms with Crippen LogP contribution in [0, 0.1) is 5.82 Å². The van der Waals surface area contributed by atoms with Crippen LogP contribution in [-0.4, -0.2) is 9.97 Å². The molecule has 0 radical (unpaired) electrons. The van der Waals surface area contributed by atoms with E-state index in [4.69, 9.17) is 28.9 Å². The highest BCUT2D eigenvalue weighted by molar-refractivity contribution is 6.39. The predicted octanol–water partition coefficient (Wildman–Crippen LogP) is 4.40. The highest BCUT2D eigenvalue weighted by atomic mass is 35.5. The molecule has 3 rings (SSSR count). The maximum Gasteiger partial charge on any atom is 0.149 e. The van der Waals surface area contributed by atoms with Gasteiger partial charge in [-0.2, -0.15) is 0 Å². The quantitative estimate of drug-likeness (QED) is 0.686. The zero-order valence-corrected chi connectivity index (χ0v) is 12.1. The van der Waals surface area contributed by atoms with Crippen molar-refractivity contribution < 1.29 is 4.39 Å². The van der Waals surface area contributed by atoms with Gasteiger partial charge in [0.2, 0.25) is 0 Å². The van der Waals surface area contributed by atoms with Crippen molar-refractivity contribution in [1.82, 2.24) is 9.97 Å². The molecule has 3 aromatic rings. The van der Waals surface area contributed by atoms with Gasteiger partial charge in [-0.05, 0) is 24.3 Å². The summed E-state index contributed by atoms with van der Waals surface area (Å²) in [5.74, 6) is 0.0442. The molecule has 0 spiro atoms. The molecule has 0 aliphatic heterocycles. The highest BCUT2D eigenvalue weighted by Crippen LogP contribution is 2.33. The summed E-state index contributed by atoms with van der Waals surface area (Å²) < 4.78 is 13.7. The maximum atomic E-state index is 13.7. The number of anilines is 3. The molecular formula is C14H9Cl2FN4. The fourth-order valence-corrected chi connectivity index (χ4v) is 2.43. The average Bonchev–Trinajstić information content (AvgIpc) is 2.46. The molecule has 4 nitrogen and oxygen atoms in total. The Bertz CT molecular complexity index is 815. The van der Waals surface area contributed by atoms with Gasteiger partial charge >= 0.3 is 0 Å². The summed E-state index contributed by atoms with van der Waals surface area (Å²) in [6.45, 7) is 0.